The van der Waals surface area contributed by atoms with Crippen LogP contribution >= 0.6 is 0 Å². The summed E-state index contributed by atoms with van der Waals surface area (Å²) in [7, 11) is 2.09. The largest absolute Gasteiger partial charge is 0.357 e. The van der Waals surface area contributed by atoms with Gasteiger partial charge in [-0.15, -0.1) is 0 Å². The maximum atomic E-state index is 13.2. The Kier molecular flexibility index (Phi) is 3.57. The van der Waals surface area contributed by atoms with Crippen molar-refractivity contribution in [3.05, 3.63) is 59.8 Å². The van der Waals surface area contributed by atoms with Gasteiger partial charge in [0.2, 0.25) is 5.91 Å². The number of benzene rings is 1. The molecule has 0 N–H and O–H groups in total. The lowest BCUT2D eigenvalue weighted by molar-refractivity contribution is -0.119. The second-order valence-electron chi connectivity index (χ2n) is 8.28. The average Bonchev–Trinajstić information content (AvgIpc) is 3.67. The fourth-order valence-electron chi connectivity index (χ4n) is 4.41. The minimum absolute atomic E-state index is 0.0670. The Morgan fingerprint density at radius 3 is 2.86 bits per heavy atom. The summed E-state index contributed by atoms with van der Waals surface area (Å²) < 4.78 is 1.74. The molecule has 0 saturated heterocycles. The molecule has 6 nitrogen and oxygen atoms in total. The van der Waals surface area contributed by atoms with Gasteiger partial charge >= 0.3 is 0 Å². The van der Waals surface area contributed by atoms with E-state index < -0.39 is 0 Å². The van der Waals surface area contributed by atoms with Crippen LogP contribution in [0.1, 0.15) is 29.9 Å². The molecule has 1 aromatic carbocycles. The first kappa shape index (κ1) is 16.8. The van der Waals surface area contributed by atoms with Gasteiger partial charge in [-0.1, -0.05) is 24.3 Å². The quantitative estimate of drug-likeness (QED) is 0.633. The highest BCUT2D eigenvalue weighted by Crippen LogP contribution is 2.39. The molecular weight excluding hydrogens is 362 g/mol. The van der Waals surface area contributed by atoms with E-state index in [0.717, 1.165) is 35.5 Å². The highest BCUT2D eigenvalue weighted by Gasteiger charge is 2.30. The number of nitrogens with zero attached hydrogens (tertiary/aromatic N) is 5. The summed E-state index contributed by atoms with van der Waals surface area (Å²) >= 11 is 0. The van der Waals surface area contributed by atoms with Gasteiger partial charge in [-0.2, -0.15) is 5.10 Å². The van der Waals surface area contributed by atoms with E-state index in [4.69, 9.17) is 4.98 Å². The summed E-state index contributed by atoms with van der Waals surface area (Å²) in [6, 6.07) is 11.0. The molecule has 1 aliphatic heterocycles. The molecule has 6 heteroatoms. The highest BCUT2D eigenvalue weighted by atomic mass is 16.2. The van der Waals surface area contributed by atoms with Crippen molar-refractivity contribution in [1.82, 2.24) is 14.8 Å². The van der Waals surface area contributed by atoms with Gasteiger partial charge in [0.1, 0.15) is 12.4 Å². The molecule has 146 valence electrons. The monoisotopic (exact) mass is 385 g/mol. The van der Waals surface area contributed by atoms with Crippen LogP contribution in [0.2, 0.25) is 0 Å². The van der Waals surface area contributed by atoms with Crippen LogP contribution in [-0.4, -0.2) is 40.3 Å². The number of pyridine rings is 1. The van der Waals surface area contributed by atoms with E-state index in [-0.39, 0.29) is 12.5 Å². The number of amides is 1. The molecule has 29 heavy (non-hydrogen) atoms. The van der Waals surface area contributed by atoms with Gasteiger partial charge in [0.05, 0.1) is 6.20 Å². The van der Waals surface area contributed by atoms with Crippen molar-refractivity contribution in [1.29, 1.82) is 0 Å². The number of hydrogen-bond acceptors (Lipinski definition) is 4. The van der Waals surface area contributed by atoms with E-state index in [9.17, 15) is 4.79 Å². The number of allylic oxidation sites excluding steroid dienone is 2. The van der Waals surface area contributed by atoms with Gasteiger partial charge in [0.15, 0.2) is 5.65 Å². The first-order valence-corrected chi connectivity index (χ1v) is 10.3. The number of anilines is 2. The van der Waals surface area contributed by atoms with Crippen molar-refractivity contribution in [2.24, 2.45) is 0 Å². The third-order valence-electron chi connectivity index (χ3n) is 6.32. The fraction of sp³-hybridized carbons (Fsp3) is 0.348. The molecule has 3 aliphatic rings. The lowest BCUT2D eigenvalue weighted by atomic mass is 10.0. The van der Waals surface area contributed by atoms with Gasteiger partial charge in [-0.05, 0) is 48.6 Å². The van der Waals surface area contributed by atoms with E-state index in [1.54, 1.807) is 10.9 Å². The van der Waals surface area contributed by atoms with Crippen molar-refractivity contribution >= 4 is 28.4 Å². The van der Waals surface area contributed by atoms with Crippen molar-refractivity contribution in [2.75, 3.05) is 23.4 Å². The Balaban J connectivity index is 1.28. The van der Waals surface area contributed by atoms with Crippen LogP contribution in [0, 0.1) is 0 Å². The number of aromatic nitrogens is 3. The molecule has 0 unspecified atom stereocenters. The van der Waals surface area contributed by atoms with Gasteiger partial charge in [0, 0.05) is 36.6 Å². The Bertz CT molecular complexity index is 1150. The zero-order valence-electron chi connectivity index (χ0n) is 16.5. The van der Waals surface area contributed by atoms with E-state index in [1.807, 2.05) is 17.0 Å². The minimum Gasteiger partial charge on any atom is -0.357 e. The molecular formula is C23H23N5O. The molecule has 2 aliphatic carbocycles. The summed E-state index contributed by atoms with van der Waals surface area (Å²) in [6.07, 6.45) is 9.58. The van der Waals surface area contributed by atoms with E-state index in [0.29, 0.717) is 12.0 Å². The second kappa shape index (κ2) is 6.17. The van der Waals surface area contributed by atoms with Crippen molar-refractivity contribution in [3.8, 4) is 0 Å². The predicted octanol–water partition coefficient (Wildman–Crippen LogP) is 3.27. The lowest BCUT2D eigenvalue weighted by Crippen LogP contribution is -2.32. The number of rotatable bonds is 5. The molecule has 0 radical (unpaired) electrons. The topological polar surface area (TPSA) is 54.3 Å². The summed E-state index contributed by atoms with van der Waals surface area (Å²) in [6.45, 7) is 0.943. The molecule has 3 aromatic rings. The Labute approximate surface area is 169 Å². The zero-order valence-corrected chi connectivity index (χ0v) is 16.5. The maximum Gasteiger partial charge on any atom is 0.248 e. The third kappa shape index (κ3) is 2.82. The van der Waals surface area contributed by atoms with Gasteiger partial charge in [-0.3, -0.25) is 4.79 Å². The molecule has 0 bridgehead atoms. The number of fused-ring (bicyclic) bond motifs is 2. The summed E-state index contributed by atoms with van der Waals surface area (Å²) in [5, 5.41) is 5.42. The van der Waals surface area contributed by atoms with Crippen molar-refractivity contribution in [3.63, 3.8) is 0 Å². The highest BCUT2D eigenvalue weighted by molar-refractivity contribution is 5.96. The number of carbonyl (C=O) groups excluding carboxylic acids is 1. The summed E-state index contributed by atoms with van der Waals surface area (Å²) in [5.74, 6) is 1.47. The Hall–Kier alpha value is -3.15. The molecule has 1 saturated carbocycles. The standard InChI is InChI=1S/C23H23N5O/c1-26(17-8-9-17)21-10-7-16-13-24-28(23(16)25-21)14-22(29)27-12-11-19-18(15-5-6-15)3-2-4-20(19)27/h2-7,10,13,15,17H,8-9,11-12,14H2,1H3. The summed E-state index contributed by atoms with van der Waals surface area (Å²) in [4.78, 5) is 22.1. The molecule has 0 spiro atoms. The summed E-state index contributed by atoms with van der Waals surface area (Å²) in [5.41, 5.74) is 4.49. The maximum absolute atomic E-state index is 13.2. The van der Waals surface area contributed by atoms with E-state index in [1.165, 1.54) is 24.0 Å². The molecule has 1 amide bonds. The van der Waals surface area contributed by atoms with Crippen LogP contribution in [-0.2, 0) is 17.8 Å². The molecule has 0 atom stereocenters. The second-order valence-corrected chi connectivity index (χ2v) is 8.28. The van der Waals surface area contributed by atoms with Crippen LogP contribution in [0.5, 0.6) is 0 Å². The van der Waals surface area contributed by atoms with Crippen molar-refractivity contribution in [2.45, 2.75) is 37.8 Å². The number of carbonyl (C=O) groups is 1. The van der Waals surface area contributed by atoms with Crippen LogP contribution in [0.15, 0.2) is 48.7 Å². The van der Waals surface area contributed by atoms with Crippen LogP contribution in [0.25, 0.3) is 11.0 Å². The molecule has 1 fully saturated rings. The minimum atomic E-state index is 0.0670. The zero-order chi connectivity index (χ0) is 19.5. The molecule has 3 heterocycles. The fourth-order valence-corrected chi connectivity index (χ4v) is 4.41. The predicted molar refractivity (Wildman–Crippen MR) is 113 cm³/mol. The van der Waals surface area contributed by atoms with Crippen LogP contribution in [0.3, 0.4) is 0 Å². The Morgan fingerprint density at radius 2 is 2.07 bits per heavy atom. The number of hydrogen-bond donors (Lipinski definition) is 0. The van der Waals surface area contributed by atoms with Gasteiger partial charge in [0.25, 0.3) is 0 Å². The van der Waals surface area contributed by atoms with Gasteiger partial charge in [-0.25, -0.2) is 9.67 Å². The first-order valence-electron chi connectivity index (χ1n) is 10.3. The van der Waals surface area contributed by atoms with Crippen LogP contribution in [0.4, 0.5) is 11.5 Å². The SMILES string of the molecule is CN(c1ccc2cnn(CC(=O)N3CCc4c(C5C=C5)cccc43)c2n1)C1CC1. The average molecular weight is 385 g/mol. The smallest absolute Gasteiger partial charge is 0.248 e. The third-order valence-corrected chi connectivity index (χ3v) is 6.32. The Morgan fingerprint density at radius 1 is 1.21 bits per heavy atom. The van der Waals surface area contributed by atoms with Crippen molar-refractivity contribution < 1.29 is 4.79 Å². The lowest BCUT2D eigenvalue weighted by Gasteiger charge is -2.19. The van der Waals surface area contributed by atoms with E-state index in [2.05, 4.69) is 47.4 Å². The first-order chi connectivity index (χ1) is 14.2. The molecule has 6 rings (SSSR count). The molecule has 2 aromatic heterocycles. The normalized spacial score (nSPS) is 17.8. The van der Waals surface area contributed by atoms with Crippen LogP contribution < -0.4 is 9.80 Å². The van der Waals surface area contributed by atoms with Gasteiger partial charge < -0.3 is 9.80 Å². The van der Waals surface area contributed by atoms with E-state index >= 15 is 0 Å².